The van der Waals surface area contributed by atoms with Gasteiger partial charge in [-0.05, 0) is 37.6 Å². The molecule has 0 radical (unpaired) electrons. The Morgan fingerprint density at radius 1 is 0.957 bits per heavy atom. The molecular formula is C19H25NO3. The van der Waals surface area contributed by atoms with E-state index in [1.165, 1.54) is 0 Å². The van der Waals surface area contributed by atoms with Gasteiger partial charge in [0.1, 0.15) is 6.61 Å². The van der Waals surface area contributed by atoms with Gasteiger partial charge in [0.25, 0.3) is 0 Å². The standard InChI is InChI=1S/C19H25NO3/c1-16(21)14-20-12-7-13-22-18-10-5-6-11-19(18)23-15-17-8-3-2-4-9-17/h2-6,8-11,16,20-21H,7,12-15H2,1H3/t16-/m1/s1. The first kappa shape index (κ1) is 17.3. The van der Waals surface area contributed by atoms with Crippen LogP contribution in [0.3, 0.4) is 0 Å². The van der Waals surface area contributed by atoms with Crippen LogP contribution in [0.1, 0.15) is 18.9 Å². The van der Waals surface area contributed by atoms with Gasteiger partial charge in [0.05, 0.1) is 12.7 Å². The molecule has 124 valence electrons. The molecule has 1 atom stereocenters. The van der Waals surface area contributed by atoms with E-state index in [2.05, 4.69) is 5.32 Å². The second kappa shape index (κ2) is 9.87. The molecule has 0 aromatic heterocycles. The Morgan fingerprint density at radius 3 is 2.30 bits per heavy atom. The Morgan fingerprint density at radius 2 is 1.61 bits per heavy atom. The summed E-state index contributed by atoms with van der Waals surface area (Å²) in [5, 5.41) is 12.3. The fourth-order valence-corrected chi connectivity index (χ4v) is 2.11. The normalized spacial score (nSPS) is 11.9. The number of rotatable bonds is 10. The van der Waals surface area contributed by atoms with Gasteiger partial charge >= 0.3 is 0 Å². The van der Waals surface area contributed by atoms with E-state index in [0.717, 1.165) is 30.0 Å². The zero-order chi connectivity index (χ0) is 16.3. The molecule has 0 aliphatic heterocycles. The number of para-hydroxylation sites is 2. The maximum atomic E-state index is 9.17. The predicted octanol–water partition coefficient (Wildman–Crippen LogP) is 3.00. The van der Waals surface area contributed by atoms with Crippen LogP contribution in [0.2, 0.25) is 0 Å². The molecule has 0 heterocycles. The lowest BCUT2D eigenvalue weighted by atomic mass is 10.2. The van der Waals surface area contributed by atoms with Crippen LogP contribution in [-0.4, -0.2) is 30.9 Å². The van der Waals surface area contributed by atoms with E-state index >= 15 is 0 Å². The summed E-state index contributed by atoms with van der Waals surface area (Å²) >= 11 is 0. The number of hydrogen-bond acceptors (Lipinski definition) is 4. The molecule has 2 aromatic carbocycles. The molecule has 0 saturated heterocycles. The van der Waals surface area contributed by atoms with E-state index in [9.17, 15) is 0 Å². The average Bonchev–Trinajstić information content (AvgIpc) is 2.57. The number of hydrogen-bond donors (Lipinski definition) is 2. The van der Waals surface area contributed by atoms with Crippen molar-refractivity contribution in [2.24, 2.45) is 0 Å². The first-order valence-electron chi connectivity index (χ1n) is 8.03. The summed E-state index contributed by atoms with van der Waals surface area (Å²) in [5.41, 5.74) is 1.13. The Hall–Kier alpha value is -2.04. The first-order valence-corrected chi connectivity index (χ1v) is 8.03. The van der Waals surface area contributed by atoms with E-state index in [0.29, 0.717) is 19.8 Å². The van der Waals surface area contributed by atoms with Gasteiger partial charge in [0.2, 0.25) is 0 Å². The fourth-order valence-electron chi connectivity index (χ4n) is 2.11. The SMILES string of the molecule is C[C@@H](O)CNCCCOc1ccccc1OCc1ccccc1. The van der Waals surface area contributed by atoms with Crippen molar-refractivity contribution in [3.63, 3.8) is 0 Å². The van der Waals surface area contributed by atoms with Crippen molar-refractivity contribution in [1.82, 2.24) is 5.32 Å². The highest BCUT2D eigenvalue weighted by Crippen LogP contribution is 2.27. The third kappa shape index (κ3) is 6.72. The molecule has 0 fully saturated rings. The van der Waals surface area contributed by atoms with Crippen molar-refractivity contribution in [3.05, 3.63) is 60.2 Å². The Kier molecular flexibility index (Phi) is 7.43. The highest BCUT2D eigenvalue weighted by atomic mass is 16.5. The first-order chi connectivity index (χ1) is 11.3. The van der Waals surface area contributed by atoms with Crippen LogP contribution in [0, 0.1) is 0 Å². The van der Waals surface area contributed by atoms with E-state index in [1.807, 2.05) is 54.6 Å². The molecule has 4 nitrogen and oxygen atoms in total. The largest absolute Gasteiger partial charge is 0.490 e. The Bertz CT molecular complexity index is 558. The zero-order valence-corrected chi connectivity index (χ0v) is 13.6. The highest BCUT2D eigenvalue weighted by molar-refractivity contribution is 5.39. The molecule has 4 heteroatoms. The fraction of sp³-hybridized carbons (Fsp3) is 0.368. The van der Waals surface area contributed by atoms with Crippen molar-refractivity contribution in [2.75, 3.05) is 19.7 Å². The summed E-state index contributed by atoms with van der Waals surface area (Å²) in [6.07, 6.45) is 0.558. The Labute approximate surface area is 138 Å². The number of nitrogens with one attached hydrogen (secondary N) is 1. The summed E-state index contributed by atoms with van der Waals surface area (Å²) < 4.78 is 11.7. The third-order valence-corrected chi connectivity index (χ3v) is 3.28. The van der Waals surface area contributed by atoms with Crippen LogP contribution in [-0.2, 0) is 6.61 Å². The smallest absolute Gasteiger partial charge is 0.161 e. The molecule has 0 unspecified atom stereocenters. The van der Waals surface area contributed by atoms with Gasteiger partial charge in [0.15, 0.2) is 11.5 Å². The molecule has 23 heavy (non-hydrogen) atoms. The summed E-state index contributed by atoms with van der Waals surface area (Å²) in [6, 6.07) is 17.8. The van der Waals surface area contributed by atoms with Crippen molar-refractivity contribution < 1.29 is 14.6 Å². The maximum absolute atomic E-state index is 9.17. The van der Waals surface area contributed by atoms with Crippen LogP contribution in [0.4, 0.5) is 0 Å². The number of ether oxygens (including phenoxy) is 2. The van der Waals surface area contributed by atoms with Gasteiger partial charge in [-0.15, -0.1) is 0 Å². The van der Waals surface area contributed by atoms with Gasteiger partial charge in [-0.25, -0.2) is 0 Å². The van der Waals surface area contributed by atoms with Crippen LogP contribution in [0.25, 0.3) is 0 Å². The van der Waals surface area contributed by atoms with E-state index in [1.54, 1.807) is 6.92 Å². The van der Waals surface area contributed by atoms with E-state index in [-0.39, 0.29) is 6.10 Å². The quantitative estimate of drug-likeness (QED) is 0.662. The second-order valence-corrected chi connectivity index (χ2v) is 5.48. The van der Waals surface area contributed by atoms with Gasteiger partial charge in [-0.2, -0.15) is 0 Å². The summed E-state index contributed by atoms with van der Waals surface area (Å²) in [5.74, 6) is 1.52. The van der Waals surface area contributed by atoms with Crippen molar-refractivity contribution in [1.29, 1.82) is 0 Å². The average molecular weight is 315 g/mol. The van der Waals surface area contributed by atoms with Gasteiger partial charge in [0, 0.05) is 6.54 Å². The van der Waals surface area contributed by atoms with Crippen molar-refractivity contribution in [2.45, 2.75) is 26.1 Å². The predicted molar refractivity (Wildman–Crippen MR) is 91.9 cm³/mol. The van der Waals surface area contributed by atoms with Gasteiger partial charge in [-0.1, -0.05) is 42.5 Å². The Balaban J connectivity index is 1.76. The van der Waals surface area contributed by atoms with Crippen LogP contribution >= 0.6 is 0 Å². The molecule has 2 N–H and O–H groups in total. The second-order valence-electron chi connectivity index (χ2n) is 5.48. The lowest BCUT2D eigenvalue weighted by Crippen LogP contribution is -2.26. The topological polar surface area (TPSA) is 50.7 Å². The maximum Gasteiger partial charge on any atom is 0.161 e. The molecule has 2 rings (SSSR count). The molecule has 0 aliphatic rings. The summed E-state index contributed by atoms with van der Waals surface area (Å²) in [7, 11) is 0. The number of aliphatic hydroxyl groups excluding tert-OH is 1. The summed E-state index contributed by atoms with van der Waals surface area (Å²) in [6.45, 7) is 4.33. The molecule has 0 spiro atoms. The highest BCUT2D eigenvalue weighted by Gasteiger charge is 2.04. The van der Waals surface area contributed by atoms with E-state index in [4.69, 9.17) is 14.6 Å². The monoisotopic (exact) mass is 315 g/mol. The lowest BCUT2D eigenvalue weighted by Gasteiger charge is -2.13. The molecule has 0 aliphatic carbocycles. The van der Waals surface area contributed by atoms with E-state index < -0.39 is 0 Å². The molecule has 0 bridgehead atoms. The molecule has 2 aromatic rings. The molecule has 0 saturated carbocycles. The zero-order valence-electron chi connectivity index (χ0n) is 13.6. The minimum Gasteiger partial charge on any atom is -0.490 e. The minimum absolute atomic E-state index is 0.317. The van der Waals surface area contributed by atoms with Crippen molar-refractivity contribution in [3.8, 4) is 11.5 Å². The van der Waals surface area contributed by atoms with Gasteiger partial charge < -0.3 is 19.9 Å². The van der Waals surface area contributed by atoms with Crippen LogP contribution in [0.15, 0.2) is 54.6 Å². The third-order valence-electron chi connectivity index (χ3n) is 3.28. The molecule has 0 amide bonds. The number of benzene rings is 2. The molecular weight excluding hydrogens is 290 g/mol. The van der Waals surface area contributed by atoms with Crippen LogP contribution in [0.5, 0.6) is 11.5 Å². The summed E-state index contributed by atoms with van der Waals surface area (Å²) in [4.78, 5) is 0. The number of aliphatic hydroxyl groups is 1. The van der Waals surface area contributed by atoms with Crippen molar-refractivity contribution >= 4 is 0 Å². The van der Waals surface area contributed by atoms with Gasteiger partial charge in [-0.3, -0.25) is 0 Å². The van der Waals surface area contributed by atoms with Crippen LogP contribution < -0.4 is 14.8 Å². The minimum atomic E-state index is -0.317. The lowest BCUT2D eigenvalue weighted by molar-refractivity contribution is 0.189.